The number of aryl methyl sites for hydroxylation is 1. The Labute approximate surface area is 95.0 Å². The zero-order valence-electron chi connectivity index (χ0n) is 9.09. The quantitative estimate of drug-likeness (QED) is 0.601. The fourth-order valence-electron chi connectivity index (χ4n) is 1.12. The van der Waals surface area contributed by atoms with E-state index in [2.05, 4.69) is 15.3 Å². The van der Waals surface area contributed by atoms with E-state index in [1.807, 2.05) is 13.8 Å². The lowest BCUT2D eigenvalue weighted by atomic mass is 10.3. The van der Waals surface area contributed by atoms with Crippen LogP contribution in [-0.4, -0.2) is 29.7 Å². The van der Waals surface area contributed by atoms with Crippen molar-refractivity contribution in [3.8, 4) is 0 Å². The SMILES string of the molecule is CCOCCCNc1nc(Cl)ncc1C. The smallest absolute Gasteiger partial charge is 0.224 e. The summed E-state index contributed by atoms with van der Waals surface area (Å²) in [6.07, 6.45) is 2.66. The van der Waals surface area contributed by atoms with Gasteiger partial charge in [-0.15, -0.1) is 0 Å². The van der Waals surface area contributed by atoms with Gasteiger partial charge in [0.25, 0.3) is 0 Å². The maximum atomic E-state index is 5.69. The molecule has 0 saturated carbocycles. The molecule has 0 aliphatic heterocycles. The Morgan fingerprint density at radius 2 is 2.33 bits per heavy atom. The van der Waals surface area contributed by atoms with E-state index >= 15 is 0 Å². The molecule has 0 amide bonds. The van der Waals surface area contributed by atoms with Crippen molar-refractivity contribution in [2.45, 2.75) is 20.3 Å². The van der Waals surface area contributed by atoms with Crippen molar-refractivity contribution >= 4 is 17.4 Å². The Bertz CT molecular complexity index is 307. The summed E-state index contributed by atoms with van der Waals surface area (Å²) in [5, 5.41) is 3.47. The topological polar surface area (TPSA) is 47.0 Å². The average Bonchev–Trinajstić information content (AvgIpc) is 2.23. The molecule has 0 atom stereocenters. The zero-order chi connectivity index (χ0) is 11.1. The van der Waals surface area contributed by atoms with Gasteiger partial charge in [-0.2, -0.15) is 0 Å². The van der Waals surface area contributed by atoms with Crippen molar-refractivity contribution in [1.82, 2.24) is 9.97 Å². The van der Waals surface area contributed by atoms with Gasteiger partial charge < -0.3 is 10.1 Å². The molecule has 5 heteroatoms. The number of nitrogens with zero attached hydrogens (tertiary/aromatic N) is 2. The molecular formula is C10H16ClN3O. The molecule has 15 heavy (non-hydrogen) atoms. The normalized spacial score (nSPS) is 10.3. The molecular weight excluding hydrogens is 214 g/mol. The zero-order valence-corrected chi connectivity index (χ0v) is 9.84. The summed E-state index contributed by atoms with van der Waals surface area (Å²) in [4.78, 5) is 7.98. The summed E-state index contributed by atoms with van der Waals surface area (Å²) in [6.45, 7) is 6.29. The summed E-state index contributed by atoms with van der Waals surface area (Å²) in [6, 6.07) is 0. The predicted octanol–water partition coefficient (Wildman–Crippen LogP) is 2.28. The van der Waals surface area contributed by atoms with Gasteiger partial charge in [-0.1, -0.05) is 0 Å². The van der Waals surface area contributed by atoms with E-state index in [0.717, 1.165) is 37.6 Å². The van der Waals surface area contributed by atoms with Crippen LogP contribution in [0.25, 0.3) is 0 Å². The van der Waals surface area contributed by atoms with Gasteiger partial charge in [-0.25, -0.2) is 9.97 Å². The van der Waals surface area contributed by atoms with E-state index in [-0.39, 0.29) is 5.28 Å². The summed E-state index contributed by atoms with van der Waals surface area (Å²) in [5.41, 5.74) is 0.996. The first-order chi connectivity index (χ1) is 7.24. The maximum Gasteiger partial charge on any atom is 0.224 e. The van der Waals surface area contributed by atoms with Crippen LogP contribution >= 0.6 is 11.6 Å². The van der Waals surface area contributed by atoms with E-state index in [4.69, 9.17) is 16.3 Å². The number of nitrogens with one attached hydrogen (secondary N) is 1. The summed E-state index contributed by atoms with van der Waals surface area (Å²) < 4.78 is 5.23. The number of rotatable bonds is 6. The lowest BCUT2D eigenvalue weighted by Crippen LogP contribution is -2.08. The van der Waals surface area contributed by atoms with Crippen LogP contribution in [-0.2, 0) is 4.74 Å². The molecule has 1 N–H and O–H groups in total. The lowest BCUT2D eigenvalue weighted by Gasteiger charge is -2.07. The van der Waals surface area contributed by atoms with Gasteiger partial charge in [0, 0.05) is 31.5 Å². The van der Waals surface area contributed by atoms with E-state index < -0.39 is 0 Å². The third kappa shape index (κ3) is 4.44. The standard InChI is InChI=1S/C10H16ClN3O/c1-3-15-6-4-5-12-9-8(2)7-13-10(11)14-9/h7H,3-6H2,1-2H3,(H,12,13,14). The number of hydrogen-bond donors (Lipinski definition) is 1. The Hall–Kier alpha value is -0.870. The molecule has 0 unspecified atom stereocenters. The number of ether oxygens (including phenoxy) is 1. The molecule has 0 aromatic carbocycles. The van der Waals surface area contributed by atoms with Crippen LogP contribution in [0.1, 0.15) is 18.9 Å². The van der Waals surface area contributed by atoms with Crippen LogP contribution in [0, 0.1) is 6.92 Å². The van der Waals surface area contributed by atoms with Gasteiger partial charge in [0.05, 0.1) is 0 Å². The third-order valence-electron chi connectivity index (χ3n) is 1.90. The fourth-order valence-corrected chi connectivity index (χ4v) is 1.26. The average molecular weight is 230 g/mol. The van der Waals surface area contributed by atoms with Crippen LogP contribution in [0.4, 0.5) is 5.82 Å². The minimum absolute atomic E-state index is 0.271. The van der Waals surface area contributed by atoms with Crippen molar-refractivity contribution in [3.63, 3.8) is 0 Å². The van der Waals surface area contributed by atoms with Gasteiger partial charge in [0.1, 0.15) is 5.82 Å². The van der Waals surface area contributed by atoms with E-state index in [9.17, 15) is 0 Å². The van der Waals surface area contributed by atoms with Crippen molar-refractivity contribution in [2.75, 3.05) is 25.1 Å². The molecule has 1 rings (SSSR count). The fraction of sp³-hybridized carbons (Fsp3) is 0.600. The molecule has 0 saturated heterocycles. The van der Waals surface area contributed by atoms with Crippen LogP contribution in [0.3, 0.4) is 0 Å². The molecule has 4 nitrogen and oxygen atoms in total. The van der Waals surface area contributed by atoms with Gasteiger partial charge in [0.15, 0.2) is 0 Å². The summed E-state index contributed by atoms with van der Waals surface area (Å²) >= 11 is 5.69. The molecule has 0 radical (unpaired) electrons. The maximum absolute atomic E-state index is 5.69. The van der Waals surface area contributed by atoms with Crippen LogP contribution in [0.2, 0.25) is 5.28 Å². The first-order valence-corrected chi connectivity index (χ1v) is 5.42. The molecule has 1 heterocycles. The molecule has 0 aliphatic carbocycles. The highest BCUT2D eigenvalue weighted by molar-refractivity contribution is 6.28. The van der Waals surface area contributed by atoms with Crippen molar-refractivity contribution in [1.29, 1.82) is 0 Å². The second kappa shape index (κ2) is 6.58. The first kappa shape index (κ1) is 12.2. The van der Waals surface area contributed by atoms with Gasteiger partial charge in [0.2, 0.25) is 5.28 Å². The van der Waals surface area contributed by atoms with Crippen LogP contribution in [0.15, 0.2) is 6.20 Å². The largest absolute Gasteiger partial charge is 0.382 e. The Balaban J connectivity index is 2.33. The molecule has 0 aliphatic rings. The Kier molecular flexibility index (Phi) is 5.36. The molecule has 0 spiro atoms. The minimum atomic E-state index is 0.271. The molecule has 0 bridgehead atoms. The van der Waals surface area contributed by atoms with Crippen molar-refractivity contribution in [2.24, 2.45) is 0 Å². The van der Waals surface area contributed by atoms with Gasteiger partial charge in [-0.05, 0) is 31.9 Å². The summed E-state index contributed by atoms with van der Waals surface area (Å²) in [7, 11) is 0. The van der Waals surface area contributed by atoms with Crippen molar-refractivity contribution < 1.29 is 4.74 Å². The monoisotopic (exact) mass is 229 g/mol. The molecule has 1 aromatic heterocycles. The third-order valence-corrected chi connectivity index (χ3v) is 2.09. The highest BCUT2D eigenvalue weighted by Gasteiger charge is 2.00. The second-order valence-electron chi connectivity index (χ2n) is 3.15. The predicted molar refractivity (Wildman–Crippen MR) is 61.4 cm³/mol. The number of hydrogen-bond acceptors (Lipinski definition) is 4. The highest BCUT2D eigenvalue weighted by atomic mass is 35.5. The van der Waals surface area contributed by atoms with Crippen LogP contribution < -0.4 is 5.32 Å². The highest BCUT2D eigenvalue weighted by Crippen LogP contribution is 2.12. The number of halogens is 1. The number of aromatic nitrogens is 2. The Morgan fingerprint density at radius 3 is 3.07 bits per heavy atom. The summed E-state index contributed by atoms with van der Waals surface area (Å²) in [5.74, 6) is 0.798. The lowest BCUT2D eigenvalue weighted by molar-refractivity contribution is 0.147. The molecule has 0 fully saturated rings. The minimum Gasteiger partial charge on any atom is -0.382 e. The van der Waals surface area contributed by atoms with Gasteiger partial charge >= 0.3 is 0 Å². The van der Waals surface area contributed by atoms with E-state index in [0.29, 0.717) is 0 Å². The first-order valence-electron chi connectivity index (χ1n) is 5.04. The second-order valence-corrected chi connectivity index (χ2v) is 3.49. The van der Waals surface area contributed by atoms with Crippen LogP contribution in [0.5, 0.6) is 0 Å². The van der Waals surface area contributed by atoms with Gasteiger partial charge in [-0.3, -0.25) is 0 Å². The molecule has 1 aromatic rings. The Morgan fingerprint density at radius 1 is 1.53 bits per heavy atom. The van der Waals surface area contributed by atoms with Crippen molar-refractivity contribution in [3.05, 3.63) is 17.0 Å². The number of anilines is 1. The molecule has 84 valence electrons. The van der Waals surface area contributed by atoms with E-state index in [1.54, 1.807) is 6.20 Å². The van der Waals surface area contributed by atoms with E-state index in [1.165, 1.54) is 0 Å².